The molecule has 2 aromatic rings. The summed E-state index contributed by atoms with van der Waals surface area (Å²) in [6.45, 7) is 8.50. The number of rotatable bonds is 9. The van der Waals surface area contributed by atoms with E-state index in [-0.39, 0.29) is 12.1 Å². The van der Waals surface area contributed by atoms with Crippen molar-refractivity contribution in [1.82, 2.24) is 4.90 Å². The van der Waals surface area contributed by atoms with Crippen LogP contribution < -0.4 is 0 Å². The molecule has 0 spiro atoms. The Morgan fingerprint density at radius 3 is 2.00 bits per heavy atom. The first-order chi connectivity index (χ1) is 11.8. The van der Waals surface area contributed by atoms with Gasteiger partial charge in [0.05, 0.1) is 12.3 Å². The first-order valence-corrected chi connectivity index (χ1v) is 8.92. The van der Waals surface area contributed by atoms with Gasteiger partial charge in [0.2, 0.25) is 0 Å². The van der Waals surface area contributed by atoms with Crippen LogP contribution in [0.1, 0.15) is 50.5 Å². The maximum absolute atomic E-state index is 6.20. The van der Waals surface area contributed by atoms with Crippen LogP contribution >= 0.6 is 0 Å². The Kier molecular flexibility index (Phi) is 7.57. The highest BCUT2D eigenvalue weighted by atomic mass is 16.5. The van der Waals surface area contributed by atoms with Crippen LogP contribution in [0.2, 0.25) is 0 Å². The van der Waals surface area contributed by atoms with Crippen LogP contribution in [0.4, 0.5) is 0 Å². The summed E-state index contributed by atoms with van der Waals surface area (Å²) in [6.07, 6.45) is 4.86. The molecule has 0 bridgehead atoms. The van der Waals surface area contributed by atoms with E-state index in [1.807, 2.05) is 19.3 Å². The van der Waals surface area contributed by atoms with Gasteiger partial charge in [-0.25, -0.2) is 0 Å². The van der Waals surface area contributed by atoms with Crippen LogP contribution in [-0.2, 0) is 4.74 Å². The van der Waals surface area contributed by atoms with E-state index in [1.165, 1.54) is 11.1 Å². The Labute approximate surface area is 146 Å². The Balaban J connectivity index is 2.47. The molecule has 0 aliphatic heterocycles. The maximum atomic E-state index is 6.20. The molecule has 0 aromatic heterocycles. The summed E-state index contributed by atoms with van der Waals surface area (Å²) in [5.41, 5.74) is 2.50. The Morgan fingerprint density at radius 2 is 1.50 bits per heavy atom. The highest BCUT2D eigenvalue weighted by Gasteiger charge is 2.30. The quantitative estimate of drug-likeness (QED) is 0.545. The standard InChI is InChI=1S/C22H29NO/c1-4-17-23(6-3)21(19-13-9-7-10-14-19)22(24-18-5-2)20-15-11-8-12-16-20/h5,7-16,18,21-22H,4,6,17H2,1-3H3. The molecule has 0 aliphatic carbocycles. The molecule has 0 heterocycles. The topological polar surface area (TPSA) is 12.5 Å². The van der Waals surface area contributed by atoms with Gasteiger partial charge in [-0.15, -0.1) is 0 Å². The van der Waals surface area contributed by atoms with Gasteiger partial charge in [0.15, 0.2) is 0 Å². The number of likely N-dealkylation sites (N-methyl/N-ethyl adjacent to an activating group) is 1. The van der Waals surface area contributed by atoms with Crippen LogP contribution in [0.25, 0.3) is 0 Å². The van der Waals surface area contributed by atoms with Crippen molar-refractivity contribution in [2.75, 3.05) is 13.1 Å². The van der Waals surface area contributed by atoms with Gasteiger partial charge < -0.3 is 4.74 Å². The third-order valence-corrected chi connectivity index (χ3v) is 4.23. The second kappa shape index (κ2) is 9.94. The Morgan fingerprint density at radius 1 is 0.917 bits per heavy atom. The summed E-state index contributed by atoms with van der Waals surface area (Å²) in [5.74, 6) is 0. The van der Waals surface area contributed by atoms with E-state index in [0.717, 1.165) is 19.5 Å². The molecular weight excluding hydrogens is 294 g/mol. The number of ether oxygens (including phenoxy) is 1. The van der Waals surface area contributed by atoms with Crippen LogP contribution in [0.3, 0.4) is 0 Å². The van der Waals surface area contributed by atoms with E-state index in [9.17, 15) is 0 Å². The van der Waals surface area contributed by atoms with Crippen LogP contribution in [0.15, 0.2) is 73.0 Å². The van der Waals surface area contributed by atoms with Crippen molar-refractivity contribution in [3.63, 3.8) is 0 Å². The summed E-state index contributed by atoms with van der Waals surface area (Å²) in [7, 11) is 0. The van der Waals surface area contributed by atoms with Crippen molar-refractivity contribution in [3.8, 4) is 0 Å². The van der Waals surface area contributed by atoms with Crippen molar-refractivity contribution < 1.29 is 4.74 Å². The molecule has 2 unspecified atom stereocenters. The molecule has 0 N–H and O–H groups in total. The number of allylic oxidation sites excluding steroid dienone is 1. The molecule has 2 nitrogen and oxygen atoms in total. The fourth-order valence-electron chi connectivity index (χ4n) is 3.15. The van der Waals surface area contributed by atoms with Gasteiger partial charge in [-0.05, 0) is 37.6 Å². The van der Waals surface area contributed by atoms with Crippen molar-refractivity contribution in [3.05, 3.63) is 84.1 Å². The molecular formula is C22H29NO. The lowest BCUT2D eigenvalue weighted by Gasteiger charge is -2.36. The molecule has 2 rings (SSSR count). The number of hydrogen-bond donors (Lipinski definition) is 0. The lowest BCUT2D eigenvalue weighted by atomic mass is 9.94. The van der Waals surface area contributed by atoms with Gasteiger partial charge in [-0.3, -0.25) is 4.90 Å². The van der Waals surface area contributed by atoms with E-state index < -0.39 is 0 Å². The monoisotopic (exact) mass is 323 g/mol. The van der Waals surface area contributed by atoms with Crippen LogP contribution in [0.5, 0.6) is 0 Å². The van der Waals surface area contributed by atoms with Crippen molar-refractivity contribution in [2.45, 2.75) is 39.3 Å². The smallest absolute Gasteiger partial charge is 0.142 e. The van der Waals surface area contributed by atoms with Crippen LogP contribution in [0, 0.1) is 0 Å². The van der Waals surface area contributed by atoms with Gasteiger partial charge in [-0.2, -0.15) is 0 Å². The molecule has 128 valence electrons. The predicted molar refractivity (Wildman–Crippen MR) is 102 cm³/mol. The lowest BCUT2D eigenvalue weighted by molar-refractivity contribution is 0.0364. The second-order valence-electron chi connectivity index (χ2n) is 5.92. The summed E-state index contributed by atoms with van der Waals surface area (Å²) >= 11 is 0. The molecule has 2 atom stereocenters. The normalized spacial score (nSPS) is 14.0. The first kappa shape index (κ1) is 18.3. The molecule has 0 aliphatic rings. The molecule has 0 saturated heterocycles. The summed E-state index contributed by atoms with van der Waals surface area (Å²) in [6, 6.07) is 21.4. The molecule has 0 fully saturated rings. The minimum absolute atomic E-state index is 0.0312. The molecule has 2 heteroatoms. The minimum atomic E-state index is -0.0312. The van der Waals surface area contributed by atoms with Crippen molar-refractivity contribution >= 4 is 0 Å². The molecule has 2 aromatic carbocycles. The third-order valence-electron chi connectivity index (χ3n) is 4.23. The van der Waals surface area contributed by atoms with Gasteiger partial charge in [0.25, 0.3) is 0 Å². The van der Waals surface area contributed by atoms with Crippen molar-refractivity contribution in [1.29, 1.82) is 0 Å². The Bertz CT molecular complexity index is 594. The van der Waals surface area contributed by atoms with Gasteiger partial charge in [-0.1, -0.05) is 80.6 Å². The third kappa shape index (κ3) is 4.72. The average molecular weight is 323 g/mol. The molecule has 0 radical (unpaired) electrons. The van der Waals surface area contributed by atoms with Crippen LogP contribution in [-0.4, -0.2) is 18.0 Å². The molecule has 24 heavy (non-hydrogen) atoms. The largest absolute Gasteiger partial charge is 0.492 e. The summed E-state index contributed by atoms with van der Waals surface area (Å²) < 4.78 is 6.20. The number of hydrogen-bond acceptors (Lipinski definition) is 2. The fourth-order valence-corrected chi connectivity index (χ4v) is 3.15. The predicted octanol–water partition coefficient (Wildman–Crippen LogP) is 5.75. The average Bonchev–Trinajstić information content (AvgIpc) is 2.65. The van der Waals surface area contributed by atoms with E-state index in [4.69, 9.17) is 4.74 Å². The minimum Gasteiger partial charge on any atom is -0.492 e. The van der Waals surface area contributed by atoms with Gasteiger partial charge in [0.1, 0.15) is 6.10 Å². The lowest BCUT2D eigenvalue weighted by Crippen LogP contribution is -2.34. The van der Waals surface area contributed by atoms with E-state index in [0.29, 0.717) is 0 Å². The maximum Gasteiger partial charge on any atom is 0.142 e. The highest BCUT2D eigenvalue weighted by molar-refractivity contribution is 5.27. The number of benzene rings is 2. The second-order valence-corrected chi connectivity index (χ2v) is 5.92. The van der Waals surface area contributed by atoms with E-state index in [1.54, 1.807) is 0 Å². The SMILES string of the molecule is CC=COC(c1ccccc1)C(c1ccccc1)N(CC)CCC. The zero-order valence-corrected chi connectivity index (χ0v) is 15.1. The zero-order chi connectivity index (χ0) is 17.2. The van der Waals surface area contributed by atoms with Gasteiger partial charge in [0, 0.05) is 0 Å². The summed E-state index contributed by atoms with van der Waals surface area (Å²) in [4.78, 5) is 2.51. The highest BCUT2D eigenvalue weighted by Crippen LogP contribution is 2.37. The fraction of sp³-hybridized carbons (Fsp3) is 0.364. The zero-order valence-electron chi connectivity index (χ0n) is 15.1. The molecule has 0 saturated carbocycles. The van der Waals surface area contributed by atoms with Gasteiger partial charge >= 0.3 is 0 Å². The van der Waals surface area contributed by atoms with Crippen molar-refractivity contribution in [2.24, 2.45) is 0 Å². The van der Waals surface area contributed by atoms with E-state index in [2.05, 4.69) is 79.4 Å². The summed E-state index contributed by atoms with van der Waals surface area (Å²) in [5, 5.41) is 0. The first-order valence-electron chi connectivity index (χ1n) is 8.92. The Hall–Kier alpha value is -2.06. The molecule has 0 amide bonds. The van der Waals surface area contributed by atoms with E-state index >= 15 is 0 Å². The number of nitrogens with zero attached hydrogens (tertiary/aromatic N) is 1.